The van der Waals surface area contributed by atoms with Gasteiger partial charge in [-0.15, -0.1) is 0 Å². The van der Waals surface area contributed by atoms with Crippen molar-refractivity contribution < 1.29 is 4.74 Å². The molecule has 0 radical (unpaired) electrons. The van der Waals surface area contributed by atoms with Crippen molar-refractivity contribution in [2.24, 2.45) is 5.92 Å². The zero-order valence-electron chi connectivity index (χ0n) is 12.3. The molecule has 3 atom stereocenters. The van der Waals surface area contributed by atoms with Crippen molar-refractivity contribution in [1.29, 1.82) is 0 Å². The molecular formula is C17H25NO. The van der Waals surface area contributed by atoms with Crippen LogP contribution in [-0.4, -0.2) is 18.8 Å². The lowest BCUT2D eigenvalue weighted by Crippen LogP contribution is -2.39. The molecule has 1 saturated heterocycles. The van der Waals surface area contributed by atoms with Gasteiger partial charge in [0, 0.05) is 18.7 Å². The number of nitrogens with one attached hydrogen (secondary N) is 1. The van der Waals surface area contributed by atoms with Crippen LogP contribution in [0.3, 0.4) is 0 Å². The third kappa shape index (κ3) is 2.85. The lowest BCUT2D eigenvalue weighted by Gasteiger charge is -2.25. The lowest BCUT2D eigenvalue weighted by atomic mass is 9.98. The van der Waals surface area contributed by atoms with E-state index in [2.05, 4.69) is 44.3 Å². The summed E-state index contributed by atoms with van der Waals surface area (Å²) < 4.78 is 5.91. The van der Waals surface area contributed by atoms with Crippen LogP contribution in [0.15, 0.2) is 18.2 Å². The summed E-state index contributed by atoms with van der Waals surface area (Å²) in [6, 6.07) is 7.71. The van der Waals surface area contributed by atoms with E-state index in [0.29, 0.717) is 18.2 Å². The summed E-state index contributed by atoms with van der Waals surface area (Å²) in [5.74, 6) is 0.825. The third-order valence-electron chi connectivity index (χ3n) is 4.58. The summed E-state index contributed by atoms with van der Waals surface area (Å²) in [7, 11) is 0. The van der Waals surface area contributed by atoms with E-state index in [1.54, 1.807) is 0 Å². The summed E-state index contributed by atoms with van der Waals surface area (Å²) in [4.78, 5) is 0. The number of hydrogen-bond acceptors (Lipinski definition) is 2. The Morgan fingerprint density at radius 2 is 2.00 bits per heavy atom. The molecule has 1 N–H and O–H groups in total. The average Bonchev–Trinajstić information content (AvgIpc) is 3.10. The average molecular weight is 259 g/mol. The fourth-order valence-corrected chi connectivity index (χ4v) is 3.40. The SMILES string of the molecule is Cc1ccc(C(C)NC2CCOC2C2CC2)c(C)c1. The zero-order valence-corrected chi connectivity index (χ0v) is 12.3. The molecule has 3 unspecified atom stereocenters. The molecule has 1 aliphatic carbocycles. The van der Waals surface area contributed by atoms with Crippen molar-refractivity contribution in [2.75, 3.05) is 6.61 Å². The van der Waals surface area contributed by atoms with Crippen LogP contribution in [0.25, 0.3) is 0 Å². The predicted molar refractivity (Wildman–Crippen MR) is 78.3 cm³/mol. The Balaban J connectivity index is 1.68. The highest BCUT2D eigenvalue weighted by Crippen LogP contribution is 2.39. The second-order valence-corrected chi connectivity index (χ2v) is 6.32. The minimum Gasteiger partial charge on any atom is -0.376 e. The fourth-order valence-electron chi connectivity index (χ4n) is 3.40. The van der Waals surface area contributed by atoms with Gasteiger partial charge in [-0.25, -0.2) is 0 Å². The fraction of sp³-hybridized carbons (Fsp3) is 0.647. The van der Waals surface area contributed by atoms with E-state index in [1.807, 2.05) is 0 Å². The van der Waals surface area contributed by atoms with Crippen LogP contribution < -0.4 is 5.32 Å². The van der Waals surface area contributed by atoms with Gasteiger partial charge in [0.05, 0.1) is 6.10 Å². The van der Waals surface area contributed by atoms with Crippen LogP contribution in [0.2, 0.25) is 0 Å². The molecule has 104 valence electrons. The number of benzene rings is 1. The minimum atomic E-state index is 0.411. The van der Waals surface area contributed by atoms with E-state index in [4.69, 9.17) is 4.74 Å². The molecule has 1 aromatic carbocycles. The Hall–Kier alpha value is -0.860. The van der Waals surface area contributed by atoms with Crippen molar-refractivity contribution in [3.8, 4) is 0 Å². The molecule has 0 bridgehead atoms. The van der Waals surface area contributed by atoms with E-state index in [0.717, 1.165) is 18.9 Å². The van der Waals surface area contributed by atoms with Crippen LogP contribution in [-0.2, 0) is 4.74 Å². The Morgan fingerprint density at radius 1 is 1.21 bits per heavy atom. The summed E-state index contributed by atoms with van der Waals surface area (Å²) in [6.07, 6.45) is 4.35. The van der Waals surface area contributed by atoms with Crippen LogP contribution in [0.1, 0.15) is 48.9 Å². The van der Waals surface area contributed by atoms with E-state index in [1.165, 1.54) is 29.5 Å². The molecule has 2 heteroatoms. The van der Waals surface area contributed by atoms with E-state index in [-0.39, 0.29) is 0 Å². The second kappa shape index (κ2) is 5.26. The standard InChI is InChI=1S/C17H25NO/c1-11-4-7-15(12(2)10-11)13(3)18-16-8-9-19-17(16)14-5-6-14/h4,7,10,13-14,16-18H,5-6,8-9H2,1-3H3. The number of rotatable bonds is 4. The normalized spacial score (nSPS) is 28.6. The molecular weight excluding hydrogens is 234 g/mol. The molecule has 1 aromatic rings. The lowest BCUT2D eigenvalue weighted by molar-refractivity contribution is 0.0792. The first-order valence-electron chi connectivity index (χ1n) is 7.60. The maximum atomic E-state index is 5.91. The summed E-state index contributed by atoms with van der Waals surface area (Å²) in [5.41, 5.74) is 4.16. The third-order valence-corrected chi connectivity index (χ3v) is 4.58. The quantitative estimate of drug-likeness (QED) is 0.893. The highest BCUT2D eigenvalue weighted by Gasteiger charge is 2.40. The van der Waals surface area contributed by atoms with Crippen molar-refractivity contribution in [2.45, 2.75) is 58.2 Å². The summed E-state index contributed by atoms with van der Waals surface area (Å²) in [5, 5.41) is 3.80. The maximum Gasteiger partial charge on any atom is 0.0757 e. The van der Waals surface area contributed by atoms with Crippen molar-refractivity contribution in [1.82, 2.24) is 5.32 Å². The van der Waals surface area contributed by atoms with Crippen LogP contribution in [0.5, 0.6) is 0 Å². The first-order chi connectivity index (χ1) is 9.15. The van der Waals surface area contributed by atoms with Gasteiger partial charge < -0.3 is 10.1 Å². The van der Waals surface area contributed by atoms with Gasteiger partial charge in [0.25, 0.3) is 0 Å². The molecule has 2 fully saturated rings. The van der Waals surface area contributed by atoms with E-state index >= 15 is 0 Å². The summed E-state index contributed by atoms with van der Waals surface area (Å²) in [6.45, 7) is 7.57. The highest BCUT2D eigenvalue weighted by atomic mass is 16.5. The van der Waals surface area contributed by atoms with Gasteiger partial charge in [0.15, 0.2) is 0 Å². The predicted octanol–water partition coefficient (Wildman–Crippen LogP) is 3.52. The highest BCUT2D eigenvalue weighted by molar-refractivity contribution is 5.32. The van der Waals surface area contributed by atoms with Gasteiger partial charge in [-0.05, 0) is 57.1 Å². The number of aryl methyl sites for hydroxylation is 2. The molecule has 3 rings (SSSR count). The van der Waals surface area contributed by atoms with Gasteiger partial charge in [0.1, 0.15) is 0 Å². The van der Waals surface area contributed by atoms with Gasteiger partial charge in [-0.3, -0.25) is 0 Å². The van der Waals surface area contributed by atoms with Crippen molar-refractivity contribution in [3.63, 3.8) is 0 Å². The maximum absolute atomic E-state index is 5.91. The molecule has 0 aromatic heterocycles. The van der Waals surface area contributed by atoms with Crippen molar-refractivity contribution in [3.05, 3.63) is 34.9 Å². The van der Waals surface area contributed by atoms with Gasteiger partial charge in [-0.1, -0.05) is 23.8 Å². The monoisotopic (exact) mass is 259 g/mol. The first kappa shape index (κ1) is 13.1. The van der Waals surface area contributed by atoms with Crippen LogP contribution >= 0.6 is 0 Å². The van der Waals surface area contributed by atoms with Crippen LogP contribution in [0.4, 0.5) is 0 Å². The van der Waals surface area contributed by atoms with E-state index in [9.17, 15) is 0 Å². The first-order valence-corrected chi connectivity index (χ1v) is 7.60. The zero-order chi connectivity index (χ0) is 13.4. The molecule has 1 aliphatic heterocycles. The van der Waals surface area contributed by atoms with Gasteiger partial charge >= 0.3 is 0 Å². The second-order valence-electron chi connectivity index (χ2n) is 6.32. The van der Waals surface area contributed by atoms with Gasteiger partial charge in [-0.2, -0.15) is 0 Å². The van der Waals surface area contributed by atoms with Crippen LogP contribution in [0, 0.1) is 19.8 Å². The summed E-state index contributed by atoms with van der Waals surface area (Å²) >= 11 is 0. The van der Waals surface area contributed by atoms with Gasteiger partial charge in [0.2, 0.25) is 0 Å². The number of ether oxygens (including phenoxy) is 1. The number of hydrogen-bond donors (Lipinski definition) is 1. The Bertz CT molecular complexity index is 453. The molecule has 1 saturated carbocycles. The molecule has 2 nitrogen and oxygen atoms in total. The smallest absolute Gasteiger partial charge is 0.0757 e. The molecule has 0 amide bonds. The molecule has 1 heterocycles. The van der Waals surface area contributed by atoms with E-state index < -0.39 is 0 Å². The largest absolute Gasteiger partial charge is 0.376 e. The Labute approximate surface area is 116 Å². The molecule has 0 spiro atoms. The molecule has 19 heavy (non-hydrogen) atoms. The molecule has 2 aliphatic rings. The van der Waals surface area contributed by atoms with Crippen molar-refractivity contribution >= 4 is 0 Å². The minimum absolute atomic E-state index is 0.411. The topological polar surface area (TPSA) is 21.3 Å². The Morgan fingerprint density at radius 3 is 2.68 bits per heavy atom. The Kier molecular flexibility index (Phi) is 3.64.